The van der Waals surface area contributed by atoms with Crippen LogP contribution in [0.4, 0.5) is 5.82 Å². The van der Waals surface area contributed by atoms with Crippen LogP contribution in [0.1, 0.15) is 32.2 Å². The molecule has 1 saturated heterocycles. The van der Waals surface area contributed by atoms with Gasteiger partial charge >= 0.3 is 0 Å². The summed E-state index contributed by atoms with van der Waals surface area (Å²) in [5.74, 6) is 1.87. The van der Waals surface area contributed by atoms with Crippen LogP contribution in [0.2, 0.25) is 0 Å². The molecule has 1 aliphatic heterocycles. The van der Waals surface area contributed by atoms with Crippen LogP contribution < -0.4 is 10.5 Å². The van der Waals surface area contributed by atoms with Crippen LogP contribution in [0.25, 0.3) is 22.2 Å². The van der Waals surface area contributed by atoms with Gasteiger partial charge in [0.2, 0.25) is 7.37 Å². The lowest BCUT2D eigenvalue weighted by atomic mass is 9.79. The molecule has 3 heterocycles. The van der Waals surface area contributed by atoms with E-state index < -0.39 is 7.37 Å². The summed E-state index contributed by atoms with van der Waals surface area (Å²) in [6.07, 6.45) is 7.40. The van der Waals surface area contributed by atoms with Crippen LogP contribution in [0.3, 0.4) is 0 Å². The second-order valence-electron chi connectivity index (χ2n) is 9.29. The molecule has 1 saturated carbocycles. The number of nitrogens with two attached hydrogens (primary N) is 1. The number of ether oxygens (including phenoxy) is 1. The minimum absolute atomic E-state index is 0.0395. The predicted molar refractivity (Wildman–Crippen MR) is 131 cm³/mol. The van der Waals surface area contributed by atoms with Gasteiger partial charge in [0.1, 0.15) is 23.5 Å². The van der Waals surface area contributed by atoms with Crippen LogP contribution in [0.5, 0.6) is 5.75 Å². The molecule has 33 heavy (non-hydrogen) atoms. The zero-order chi connectivity index (χ0) is 23.0. The number of nitrogens with zero attached hydrogens (tertiary/aromatic N) is 4. The van der Waals surface area contributed by atoms with Crippen LogP contribution >= 0.6 is 7.37 Å². The Morgan fingerprint density at radius 3 is 2.79 bits per heavy atom. The molecule has 1 unspecified atom stereocenters. The van der Waals surface area contributed by atoms with Crippen molar-refractivity contribution in [2.75, 3.05) is 45.0 Å². The van der Waals surface area contributed by atoms with E-state index in [4.69, 9.17) is 15.0 Å². The normalized spacial score (nSPS) is 22.5. The SMILES string of the molecule is CCOP(C)(=O)COc1cccc(-c2cn([C@H]3C[C@@H](CN4CCC4)C3)c3ncnc(N)c23)c1. The van der Waals surface area contributed by atoms with Gasteiger partial charge in [-0.1, -0.05) is 12.1 Å². The van der Waals surface area contributed by atoms with E-state index >= 15 is 0 Å². The summed E-state index contributed by atoms with van der Waals surface area (Å²) >= 11 is 0. The van der Waals surface area contributed by atoms with Crippen molar-refractivity contribution in [1.29, 1.82) is 0 Å². The lowest BCUT2D eigenvalue weighted by Crippen LogP contribution is -2.43. The standard InChI is InChI=1S/C24H32N5O3P/c1-3-32-33(2,30)16-31-20-7-4-6-18(12-20)21-14-29(24-22(21)23(25)26-15-27-24)19-10-17(11-19)13-28-8-5-9-28/h4,6-7,12,14-15,17,19H,3,5,8-11,13,16H2,1-2H3,(H2,25,26,27)/t17-,19+,33?. The quantitative estimate of drug-likeness (QED) is 0.457. The van der Waals surface area contributed by atoms with E-state index in [1.165, 1.54) is 26.1 Å². The van der Waals surface area contributed by atoms with Crippen molar-refractivity contribution in [1.82, 2.24) is 19.4 Å². The Kier molecular flexibility index (Phi) is 6.16. The summed E-state index contributed by atoms with van der Waals surface area (Å²) < 4.78 is 25.8. The summed E-state index contributed by atoms with van der Waals surface area (Å²) in [7, 11) is -2.78. The first kappa shape index (κ1) is 22.4. The molecule has 176 valence electrons. The molecule has 3 aromatic rings. The number of aromatic nitrogens is 3. The van der Waals surface area contributed by atoms with Crippen molar-refractivity contribution >= 4 is 24.2 Å². The van der Waals surface area contributed by atoms with Crippen molar-refractivity contribution in [3.63, 3.8) is 0 Å². The Morgan fingerprint density at radius 1 is 1.24 bits per heavy atom. The smallest absolute Gasteiger partial charge is 0.236 e. The maximum Gasteiger partial charge on any atom is 0.236 e. The number of benzene rings is 1. The first-order chi connectivity index (χ1) is 15.9. The topological polar surface area (TPSA) is 95.5 Å². The number of anilines is 1. The third-order valence-electron chi connectivity index (χ3n) is 6.72. The van der Waals surface area contributed by atoms with Gasteiger partial charge in [0.05, 0.1) is 12.0 Å². The lowest BCUT2D eigenvalue weighted by molar-refractivity contribution is 0.0921. The highest BCUT2D eigenvalue weighted by Gasteiger charge is 2.34. The van der Waals surface area contributed by atoms with E-state index in [0.29, 0.717) is 24.2 Å². The number of hydrogen-bond acceptors (Lipinski definition) is 7. The van der Waals surface area contributed by atoms with E-state index in [-0.39, 0.29) is 6.35 Å². The van der Waals surface area contributed by atoms with Crippen LogP contribution in [-0.4, -0.2) is 58.7 Å². The number of hydrogen-bond donors (Lipinski definition) is 1. The highest BCUT2D eigenvalue weighted by Crippen LogP contribution is 2.45. The average molecular weight is 470 g/mol. The van der Waals surface area contributed by atoms with Gasteiger partial charge in [0.25, 0.3) is 0 Å². The van der Waals surface area contributed by atoms with Crippen LogP contribution in [0.15, 0.2) is 36.8 Å². The number of likely N-dealkylation sites (tertiary alicyclic amines) is 1. The lowest BCUT2D eigenvalue weighted by Gasteiger charge is -2.42. The maximum absolute atomic E-state index is 12.4. The maximum atomic E-state index is 12.4. The average Bonchev–Trinajstić information content (AvgIpc) is 3.11. The molecule has 2 aromatic heterocycles. The van der Waals surface area contributed by atoms with E-state index in [2.05, 4.69) is 25.6 Å². The second kappa shape index (κ2) is 9.09. The van der Waals surface area contributed by atoms with Crippen molar-refractivity contribution in [3.8, 4) is 16.9 Å². The zero-order valence-electron chi connectivity index (χ0n) is 19.3. The number of fused-ring (bicyclic) bond motifs is 1. The first-order valence-electron chi connectivity index (χ1n) is 11.7. The molecule has 1 aromatic carbocycles. The third-order valence-corrected chi connectivity index (χ3v) is 8.12. The van der Waals surface area contributed by atoms with Crippen LogP contribution in [-0.2, 0) is 9.09 Å². The van der Waals surface area contributed by atoms with E-state index in [1.54, 1.807) is 13.0 Å². The van der Waals surface area contributed by atoms with Gasteiger partial charge in [-0.2, -0.15) is 0 Å². The minimum atomic E-state index is -2.78. The molecule has 0 amide bonds. The summed E-state index contributed by atoms with van der Waals surface area (Å²) in [5, 5.41) is 0.872. The predicted octanol–water partition coefficient (Wildman–Crippen LogP) is 4.62. The fourth-order valence-corrected chi connectivity index (χ4v) is 5.87. The highest BCUT2D eigenvalue weighted by atomic mass is 31.2. The molecule has 5 rings (SSSR count). The van der Waals surface area contributed by atoms with E-state index in [0.717, 1.165) is 40.9 Å². The van der Waals surface area contributed by atoms with Gasteiger partial charge in [0, 0.05) is 31.0 Å². The Balaban J connectivity index is 1.40. The third kappa shape index (κ3) is 4.65. The Morgan fingerprint density at radius 2 is 2.06 bits per heavy atom. The summed E-state index contributed by atoms with van der Waals surface area (Å²) in [6.45, 7) is 7.53. The zero-order valence-corrected chi connectivity index (χ0v) is 20.2. The van der Waals surface area contributed by atoms with Gasteiger partial charge in [-0.05, 0) is 62.9 Å². The Bertz CT molecular complexity index is 1190. The van der Waals surface area contributed by atoms with Crippen molar-refractivity contribution < 1.29 is 13.8 Å². The summed E-state index contributed by atoms with van der Waals surface area (Å²) in [5.41, 5.74) is 9.16. The fraction of sp³-hybridized carbons (Fsp3) is 0.500. The van der Waals surface area contributed by atoms with Crippen LogP contribution in [0, 0.1) is 5.92 Å². The second-order valence-corrected chi connectivity index (χ2v) is 11.8. The van der Waals surface area contributed by atoms with Crippen molar-refractivity contribution in [2.24, 2.45) is 5.92 Å². The van der Waals surface area contributed by atoms with Gasteiger partial charge in [0.15, 0.2) is 6.35 Å². The van der Waals surface area contributed by atoms with Crippen molar-refractivity contribution in [2.45, 2.75) is 32.2 Å². The molecule has 8 nitrogen and oxygen atoms in total. The molecule has 0 radical (unpaired) electrons. The first-order valence-corrected chi connectivity index (χ1v) is 14.0. The molecule has 0 bridgehead atoms. The van der Waals surface area contributed by atoms with Gasteiger partial charge < -0.3 is 24.5 Å². The number of nitrogen functional groups attached to an aromatic ring is 1. The molecular formula is C24H32N5O3P. The molecule has 1 atom stereocenters. The molecule has 2 aliphatic rings. The summed E-state index contributed by atoms with van der Waals surface area (Å²) in [6, 6.07) is 8.20. The van der Waals surface area contributed by atoms with E-state index in [1.807, 2.05) is 31.2 Å². The van der Waals surface area contributed by atoms with Gasteiger partial charge in [-0.15, -0.1) is 0 Å². The fourth-order valence-electron chi connectivity index (χ4n) is 4.87. The Hall–Kier alpha value is -2.41. The van der Waals surface area contributed by atoms with Gasteiger partial charge in [-0.25, -0.2) is 9.97 Å². The largest absolute Gasteiger partial charge is 0.484 e. The van der Waals surface area contributed by atoms with Gasteiger partial charge in [-0.3, -0.25) is 4.57 Å². The molecule has 1 aliphatic carbocycles. The van der Waals surface area contributed by atoms with E-state index in [9.17, 15) is 4.57 Å². The molecule has 2 fully saturated rings. The molecule has 2 N–H and O–H groups in total. The highest BCUT2D eigenvalue weighted by molar-refractivity contribution is 7.57. The molecule has 0 spiro atoms. The molecular weight excluding hydrogens is 437 g/mol. The number of rotatable bonds is 9. The van der Waals surface area contributed by atoms with Crippen molar-refractivity contribution in [3.05, 3.63) is 36.8 Å². The summed E-state index contributed by atoms with van der Waals surface area (Å²) in [4.78, 5) is 11.4. The minimum Gasteiger partial charge on any atom is -0.484 e. The Labute approximate surface area is 194 Å². The monoisotopic (exact) mass is 469 g/mol. The molecule has 9 heteroatoms.